The van der Waals surface area contributed by atoms with Crippen LogP contribution in [-0.4, -0.2) is 24.9 Å². The molecule has 94 valence electrons. The molecule has 0 atom stereocenters. The van der Waals surface area contributed by atoms with Crippen molar-refractivity contribution in [3.8, 4) is 11.5 Å². The van der Waals surface area contributed by atoms with Gasteiger partial charge in [-0.15, -0.1) is 0 Å². The Labute approximate surface area is 100 Å². The van der Waals surface area contributed by atoms with Gasteiger partial charge in [0.05, 0.1) is 19.8 Å². The molecule has 2 rings (SSSR count). The topological polar surface area (TPSA) is 38.7 Å². The van der Waals surface area contributed by atoms with Crippen molar-refractivity contribution in [3.05, 3.63) is 23.5 Å². The van der Waals surface area contributed by atoms with Crippen LogP contribution in [0.3, 0.4) is 0 Å². The maximum Gasteiger partial charge on any atom is 0.197 e. The Balaban J connectivity index is 2.46. The smallest absolute Gasteiger partial charge is 0.197 e. The van der Waals surface area contributed by atoms with E-state index in [1.54, 1.807) is 6.07 Å². The molecule has 1 aliphatic rings. The van der Waals surface area contributed by atoms with Crippen LogP contribution in [0.1, 0.15) is 25.8 Å². The number of ether oxygens (including phenoxy) is 2. The lowest BCUT2D eigenvalue weighted by atomic mass is 9.85. The van der Waals surface area contributed by atoms with Crippen LogP contribution < -0.4 is 9.47 Å². The van der Waals surface area contributed by atoms with Gasteiger partial charge in [-0.2, -0.15) is 0 Å². The fourth-order valence-corrected chi connectivity index (χ4v) is 1.71. The van der Waals surface area contributed by atoms with Crippen LogP contribution >= 0.6 is 0 Å². The van der Waals surface area contributed by atoms with Crippen molar-refractivity contribution in [2.75, 3.05) is 19.8 Å². The largest absolute Gasteiger partial charge is 0.489 e. The highest BCUT2D eigenvalue weighted by molar-refractivity contribution is 5.46. The molecule has 1 heterocycles. The molecule has 0 saturated heterocycles. The number of aliphatic hydroxyl groups excluding tert-OH is 1. The van der Waals surface area contributed by atoms with Gasteiger partial charge >= 0.3 is 0 Å². The van der Waals surface area contributed by atoms with E-state index in [9.17, 15) is 9.50 Å². The third-order valence-corrected chi connectivity index (χ3v) is 2.98. The monoisotopic (exact) mass is 240 g/mol. The van der Waals surface area contributed by atoms with Crippen molar-refractivity contribution in [1.82, 2.24) is 0 Å². The highest BCUT2D eigenvalue weighted by Gasteiger charge is 2.25. The summed E-state index contributed by atoms with van der Waals surface area (Å²) in [6, 6.07) is 3.16. The maximum atomic E-state index is 13.9. The molecule has 1 aromatic rings. The highest BCUT2D eigenvalue weighted by atomic mass is 19.1. The molecule has 0 amide bonds. The number of aliphatic hydroxyl groups is 1. The van der Waals surface area contributed by atoms with Gasteiger partial charge in [0.2, 0.25) is 0 Å². The number of benzene rings is 1. The second-order valence-electron chi connectivity index (χ2n) is 4.88. The first-order chi connectivity index (χ1) is 8.04. The summed E-state index contributed by atoms with van der Waals surface area (Å²) in [7, 11) is 0. The molecule has 0 aromatic heterocycles. The summed E-state index contributed by atoms with van der Waals surface area (Å²) < 4.78 is 24.7. The summed E-state index contributed by atoms with van der Waals surface area (Å²) in [4.78, 5) is 0. The summed E-state index contributed by atoms with van der Waals surface area (Å²) >= 11 is 0. The number of fused-ring (bicyclic) bond motifs is 1. The third kappa shape index (κ3) is 2.36. The second kappa shape index (κ2) is 4.53. The summed E-state index contributed by atoms with van der Waals surface area (Å²) in [5.74, 6) is 0.180. The summed E-state index contributed by atoms with van der Waals surface area (Å²) in [5.41, 5.74) is 0.215. The lowest BCUT2D eigenvalue weighted by molar-refractivity contribution is 0.217. The number of rotatable bonds is 2. The fourth-order valence-electron chi connectivity index (χ4n) is 1.71. The summed E-state index contributed by atoms with van der Waals surface area (Å²) in [6.45, 7) is 4.64. The van der Waals surface area contributed by atoms with E-state index in [0.717, 1.165) is 6.42 Å². The zero-order valence-corrected chi connectivity index (χ0v) is 10.1. The Morgan fingerprint density at radius 3 is 2.71 bits per heavy atom. The molecule has 17 heavy (non-hydrogen) atoms. The van der Waals surface area contributed by atoms with E-state index >= 15 is 0 Å². The first-order valence-corrected chi connectivity index (χ1v) is 5.75. The van der Waals surface area contributed by atoms with Gasteiger partial charge < -0.3 is 14.6 Å². The fraction of sp³-hybridized carbons (Fsp3) is 0.538. The predicted octanol–water partition coefficient (Wildman–Crippen LogP) is 2.26. The summed E-state index contributed by atoms with van der Waals surface area (Å²) in [6.07, 6.45) is 0.743. The zero-order chi connectivity index (χ0) is 12.5. The first-order valence-electron chi connectivity index (χ1n) is 5.75. The second-order valence-corrected chi connectivity index (χ2v) is 4.88. The first kappa shape index (κ1) is 12.2. The molecule has 1 N–H and O–H groups in total. The molecule has 1 aliphatic heterocycles. The van der Waals surface area contributed by atoms with E-state index in [0.29, 0.717) is 24.5 Å². The predicted molar refractivity (Wildman–Crippen MR) is 62.1 cm³/mol. The molecule has 0 saturated carbocycles. The van der Waals surface area contributed by atoms with E-state index in [4.69, 9.17) is 9.47 Å². The molecular formula is C13H17FO3. The molecule has 0 spiro atoms. The standard InChI is InChI=1S/C13H17FO3/c1-13(2,8-15)9-6-10(14)12-11(7-9)16-4-3-5-17-12/h6-7,15H,3-5,8H2,1-2H3. The minimum absolute atomic E-state index is 0.0495. The van der Waals surface area contributed by atoms with Gasteiger partial charge in [0.25, 0.3) is 0 Å². The molecule has 1 aromatic carbocycles. The third-order valence-electron chi connectivity index (χ3n) is 2.98. The van der Waals surface area contributed by atoms with Gasteiger partial charge in [0, 0.05) is 11.8 Å². The van der Waals surface area contributed by atoms with E-state index in [2.05, 4.69) is 0 Å². The molecule has 3 nitrogen and oxygen atoms in total. The van der Waals surface area contributed by atoms with Gasteiger partial charge in [-0.05, 0) is 17.7 Å². The van der Waals surface area contributed by atoms with Gasteiger partial charge in [0.1, 0.15) is 0 Å². The highest BCUT2D eigenvalue weighted by Crippen LogP contribution is 2.37. The zero-order valence-electron chi connectivity index (χ0n) is 10.1. The molecule has 0 radical (unpaired) electrons. The SMILES string of the molecule is CC(C)(CO)c1cc(F)c2c(c1)OCCCO2. The van der Waals surface area contributed by atoms with Gasteiger partial charge in [0.15, 0.2) is 17.3 Å². The van der Waals surface area contributed by atoms with E-state index in [1.807, 2.05) is 13.8 Å². The van der Waals surface area contributed by atoms with Crippen molar-refractivity contribution in [3.63, 3.8) is 0 Å². The number of hydrogen-bond acceptors (Lipinski definition) is 3. The van der Waals surface area contributed by atoms with E-state index < -0.39 is 11.2 Å². The van der Waals surface area contributed by atoms with Crippen LogP contribution in [0.15, 0.2) is 12.1 Å². The maximum absolute atomic E-state index is 13.9. The van der Waals surface area contributed by atoms with Crippen LogP contribution in [0.25, 0.3) is 0 Å². The van der Waals surface area contributed by atoms with Crippen LogP contribution in [0.2, 0.25) is 0 Å². The lowest BCUT2D eigenvalue weighted by Gasteiger charge is -2.23. The molecule has 0 fully saturated rings. The lowest BCUT2D eigenvalue weighted by Crippen LogP contribution is -2.22. The Morgan fingerprint density at radius 1 is 1.29 bits per heavy atom. The van der Waals surface area contributed by atoms with Crippen molar-refractivity contribution in [2.24, 2.45) is 0 Å². The van der Waals surface area contributed by atoms with Crippen LogP contribution in [0.4, 0.5) is 4.39 Å². The van der Waals surface area contributed by atoms with Crippen molar-refractivity contribution in [2.45, 2.75) is 25.7 Å². The molecule has 0 unspecified atom stereocenters. The average molecular weight is 240 g/mol. The summed E-state index contributed by atoms with van der Waals surface area (Å²) in [5, 5.41) is 9.30. The molecule has 4 heteroatoms. The van der Waals surface area contributed by atoms with E-state index in [-0.39, 0.29) is 12.4 Å². The Hall–Kier alpha value is -1.29. The van der Waals surface area contributed by atoms with Gasteiger partial charge in [-0.1, -0.05) is 13.8 Å². The molecule has 0 aliphatic carbocycles. The number of hydrogen-bond donors (Lipinski definition) is 1. The minimum Gasteiger partial charge on any atom is -0.489 e. The Bertz CT molecular complexity index is 415. The average Bonchev–Trinajstić information content (AvgIpc) is 2.54. The molecule has 0 bridgehead atoms. The van der Waals surface area contributed by atoms with Gasteiger partial charge in [-0.25, -0.2) is 4.39 Å². The van der Waals surface area contributed by atoms with Crippen LogP contribution in [0, 0.1) is 5.82 Å². The quantitative estimate of drug-likeness (QED) is 0.861. The Kier molecular flexibility index (Phi) is 3.24. The Morgan fingerprint density at radius 2 is 2.00 bits per heavy atom. The minimum atomic E-state index is -0.495. The van der Waals surface area contributed by atoms with Crippen molar-refractivity contribution < 1.29 is 19.0 Å². The van der Waals surface area contributed by atoms with Crippen LogP contribution in [-0.2, 0) is 5.41 Å². The van der Waals surface area contributed by atoms with Crippen molar-refractivity contribution in [1.29, 1.82) is 0 Å². The molecular weight excluding hydrogens is 223 g/mol. The van der Waals surface area contributed by atoms with Crippen LogP contribution in [0.5, 0.6) is 11.5 Å². The van der Waals surface area contributed by atoms with E-state index in [1.165, 1.54) is 6.07 Å². The normalized spacial score (nSPS) is 15.5. The van der Waals surface area contributed by atoms with Gasteiger partial charge in [-0.3, -0.25) is 0 Å². The number of halogens is 1. The van der Waals surface area contributed by atoms with Crippen molar-refractivity contribution >= 4 is 0 Å².